The van der Waals surface area contributed by atoms with Crippen LogP contribution in [0.25, 0.3) is 0 Å². The number of carbonyl (C=O) groups is 3. The Labute approximate surface area is 157 Å². The van der Waals surface area contributed by atoms with E-state index in [0.717, 1.165) is 16.9 Å². The van der Waals surface area contributed by atoms with Gasteiger partial charge in [-0.05, 0) is 46.1 Å². The van der Waals surface area contributed by atoms with Crippen molar-refractivity contribution in [3.05, 3.63) is 16.0 Å². The number of thiophene rings is 1. The molecular formula is C18H26N2O5S. The molecule has 1 N–H and O–H groups in total. The number of piperidine rings is 1. The van der Waals surface area contributed by atoms with Crippen LogP contribution in [0.1, 0.15) is 47.5 Å². The molecular weight excluding hydrogens is 356 g/mol. The Morgan fingerprint density at radius 2 is 1.88 bits per heavy atom. The number of anilines is 1. The van der Waals surface area contributed by atoms with Gasteiger partial charge in [0.15, 0.2) is 0 Å². The van der Waals surface area contributed by atoms with E-state index in [-0.39, 0.29) is 24.5 Å². The summed E-state index contributed by atoms with van der Waals surface area (Å²) in [5.41, 5.74) is 1.22. The Morgan fingerprint density at radius 1 is 1.19 bits per heavy atom. The third-order valence-corrected chi connectivity index (χ3v) is 5.54. The van der Waals surface area contributed by atoms with E-state index in [0.29, 0.717) is 36.7 Å². The number of hydrogen-bond donors (Lipinski definition) is 1. The van der Waals surface area contributed by atoms with Gasteiger partial charge < -0.3 is 14.4 Å². The van der Waals surface area contributed by atoms with Gasteiger partial charge in [-0.3, -0.25) is 10.1 Å². The molecule has 0 radical (unpaired) electrons. The number of rotatable bonds is 5. The van der Waals surface area contributed by atoms with Crippen molar-refractivity contribution < 1.29 is 23.9 Å². The van der Waals surface area contributed by atoms with Crippen LogP contribution in [0.3, 0.4) is 0 Å². The molecule has 1 aromatic heterocycles. The molecule has 26 heavy (non-hydrogen) atoms. The molecule has 2 rings (SSSR count). The third kappa shape index (κ3) is 4.55. The van der Waals surface area contributed by atoms with Gasteiger partial charge in [0.1, 0.15) is 5.00 Å². The van der Waals surface area contributed by atoms with Gasteiger partial charge in [0.2, 0.25) is 0 Å². The van der Waals surface area contributed by atoms with Crippen LogP contribution in [-0.2, 0) is 14.3 Å². The second-order valence-electron chi connectivity index (χ2n) is 6.18. The zero-order chi connectivity index (χ0) is 19.3. The first-order valence-electron chi connectivity index (χ1n) is 8.88. The van der Waals surface area contributed by atoms with Crippen LogP contribution in [0, 0.1) is 19.8 Å². The number of ether oxygens (including phenoxy) is 2. The van der Waals surface area contributed by atoms with Crippen LogP contribution in [0.4, 0.5) is 9.80 Å². The average molecular weight is 382 g/mol. The van der Waals surface area contributed by atoms with E-state index in [1.54, 1.807) is 18.7 Å². The van der Waals surface area contributed by atoms with E-state index in [1.807, 2.05) is 13.8 Å². The SMILES string of the molecule is CCOC(=O)c1c(NC(=O)N2CCC[C@@H](C(=O)OCC)C2)sc(C)c1C. The fourth-order valence-electron chi connectivity index (χ4n) is 2.95. The van der Waals surface area contributed by atoms with E-state index in [4.69, 9.17) is 9.47 Å². The van der Waals surface area contributed by atoms with Gasteiger partial charge in [-0.1, -0.05) is 0 Å². The molecule has 2 heterocycles. The van der Waals surface area contributed by atoms with Gasteiger partial charge in [0.25, 0.3) is 0 Å². The Kier molecular flexibility index (Phi) is 7.02. The van der Waals surface area contributed by atoms with Crippen LogP contribution in [-0.4, -0.2) is 49.2 Å². The number of likely N-dealkylation sites (tertiary alicyclic amines) is 1. The van der Waals surface area contributed by atoms with Gasteiger partial charge >= 0.3 is 18.0 Å². The number of nitrogens with zero attached hydrogens (tertiary/aromatic N) is 1. The minimum Gasteiger partial charge on any atom is -0.466 e. The molecule has 0 saturated carbocycles. The highest BCUT2D eigenvalue weighted by atomic mass is 32.1. The van der Waals surface area contributed by atoms with Gasteiger partial charge in [0.05, 0.1) is 24.7 Å². The van der Waals surface area contributed by atoms with Gasteiger partial charge in [-0.15, -0.1) is 11.3 Å². The Balaban J connectivity index is 2.11. The molecule has 0 aromatic carbocycles. The topological polar surface area (TPSA) is 84.9 Å². The Morgan fingerprint density at radius 3 is 2.54 bits per heavy atom. The van der Waals surface area contributed by atoms with E-state index in [2.05, 4.69) is 5.32 Å². The number of amides is 2. The zero-order valence-electron chi connectivity index (χ0n) is 15.7. The maximum Gasteiger partial charge on any atom is 0.341 e. The van der Waals surface area contributed by atoms with Crippen molar-refractivity contribution in [3.8, 4) is 0 Å². The molecule has 0 aliphatic carbocycles. The molecule has 8 heteroatoms. The Bertz CT molecular complexity index is 685. The van der Waals surface area contributed by atoms with E-state index in [1.165, 1.54) is 11.3 Å². The minimum absolute atomic E-state index is 0.264. The maximum absolute atomic E-state index is 12.7. The van der Waals surface area contributed by atoms with Crippen molar-refractivity contribution in [2.45, 2.75) is 40.5 Å². The molecule has 7 nitrogen and oxygen atoms in total. The molecule has 1 atom stereocenters. The van der Waals surface area contributed by atoms with Crippen molar-refractivity contribution in [3.63, 3.8) is 0 Å². The number of carbonyl (C=O) groups excluding carboxylic acids is 3. The molecule has 144 valence electrons. The number of hydrogen-bond acceptors (Lipinski definition) is 6. The smallest absolute Gasteiger partial charge is 0.341 e. The monoisotopic (exact) mass is 382 g/mol. The van der Waals surface area contributed by atoms with Gasteiger partial charge in [-0.25, -0.2) is 9.59 Å². The number of nitrogens with one attached hydrogen (secondary N) is 1. The summed E-state index contributed by atoms with van der Waals surface area (Å²) in [6.07, 6.45) is 1.46. The van der Waals surface area contributed by atoms with Crippen LogP contribution < -0.4 is 5.32 Å². The first-order chi connectivity index (χ1) is 12.4. The summed E-state index contributed by atoms with van der Waals surface area (Å²) >= 11 is 1.35. The largest absolute Gasteiger partial charge is 0.466 e. The number of aryl methyl sites for hydroxylation is 1. The first kappa shape index (κ1) is 20.2. The molecule has 1 aromatic rings. The van der Waals surface area contributed by atoms with Crippen LogP contribution in [0.15, 0.2) is 0 Å². The fourth-order valence-corrected chi connectivity index (χ4v) is 3.99. The summed E-state index contributed by atoms with van der Waals surface area (Å²) in [7, 11) is 0. The fraction of sp³-hybridized carbons (Fsp3) is 0.611. The molecule has 1 aliphatic heterocycles. The molecule has 1 fully saturated rings. The minimum atomic E-state index is -0.437. The van der Waals surface area contributed by atoms with Crippen molar-refractivity contribution in [2.24, 2.45) is 5.92 Å². The van der Waals surface area contributed by atoms with Crippen LogP contribution in [0.2, 0.25) is 0 Å². The average Bonchev–Trinajstić information content (AvgIpc) is 2.89. The highest BCUT2D eigenvalue weighted by molar-refractivity contribution is 7.16. The Hall–Kier alpha value is -2.09. The predicted molar refractivity (Wildman–Crippen MR) is 99.7 cm³/mol. The van der Waals surface area contributed by atoms with Gasteiger partial charge in [-0.2, -0.15) is 0 Å². The number of esters is 2. The highest BCUT2D eigenvalue weighted by Gasteiger charge is 2.30. The lowest BCUT2D eigenvalue weighted by atomic mass is 9.98. The zero-order valence-corrected chi connectivity index (χ0v) is 16.5. The first-order valence-corrected chi connectivity index (χ1v) is 9.70. The summed E-state index contributed by atoms with van der Waals surface area (Å²) in [5, 5.41) is 3.31. The maximum atomic E-state index is 12.7. The lowest BCUT2D eigenvalue weighted by Gasteiger charge is -2.31. The molecule has 0 bridgehead atoms. The summed E-state index contributed by atoms with van der Waals surface area (Å²) in [4.78, 5) is 39.4. The lowest BCUT2D eigenvalue weighted by Crippen LogP contribution is -2.44. The standard InChI is InChI=1S/C18H26N2O5S/c1-5-24-16(21)13-8-7-9-20(10-13)18(23)19-15-14(17(22)25-6-2)11(3)12(4)26-15/h13H,5-10H2,1-4H3,(H,19,23)/t13-/m1/s1. The normalized spacial score (nSPS) is 16.9. The lowest BCUT2D eigenvalue weighted by molar-refractivity contribution is -0.149. The second kappa shape index (κ2) is 9.02. The summed E-state index contributed by atoms with van der Waals surface area (Å²) in [6.45, 7) is 8.74. The molecule has 1 aliphatic rings. The van der Waals surface area contributed by atoms with Crippen molar-refractivity contribution in [1.29, 1.82) is 0 Å². The van der Waals surface area contributed by atoms with E-state index < -0.39 is 5.97 Å². The quantitative estimate of drug-likeness (QED) is 0.790. The number of urea groups is 1. The van der Waals surface area contributed by atoms with E-state index in [9.17, 15) is 14.4 Å². The molecule has 0 spiro atoms. The van der Waals surface area contributed by atoms with Crippen LogP contribution in [0.5, 0.6) is 0 Å². The molecule has 0 unspecified atom stereocenters. The van der Waals surface area contributed by atoms with Crippen molar-refractivity contribution in [2.75, 3.05) is 31.6 Å². The predicted octanol–water partition coefficient (Wildman–Crippen LogP) is 3.35. The summed E-state index contributed by atoms with van der Waals surface area (Å²) in [6, 6.07) is -0.314. The summed E-state index contributed by atoms with van der Waals surface area (Å²) < 4.78 is 10.2. The van der Waals surface area contributed by atoms with Crippen molar-refractivity contribution in [1.82, 2.24) is 4.90 Å². The molecule has 2 amide bonds. The highest BCUT2D eigenvalue weighted by Crippen LogP contribution is 2.33. The third-order valence-electron chi connectivity index (χ3n) is 4.41. The van der Waals surface area contributed by atoms with Crippen LogP contribution >= 0.6 is 11.3 Å². The molecule has 1 saturated heterocycles. The van der Waals surface area contributed by atoms with Crippen molar-refractivity contribution >= 4 is 34.3 Å². The van der Waals surface area contributed by atoms with E-state index >= 15 is 0 Å². The second-order valence-corrected chi connectivity index (χ2v) is 7.40. The van der Waals surface area contributed by atoms with Gasteiger partial charge in [0, 0.05) is 18.0 Å². The summed E-state index contributed by atoms with van der Waals surface area (Å²) in [5.74, 6) is -1.00.